The van der Waals surface area contributed by atoms with Crippen molar-refractivity contribution in [1.29, 1.82) is 0 Å². The maximum atomic E-state index is 12.5. The Hall–Kier alpha value is -2.34. The van der Waals surface area contributed by atoms with E-state index in [2.05, 4.69) is 10.3 Å². The Morgan fingerprint density at radius 2 is 1.96 bits per heavy atom. The average Bonchev–Trinajstić information content (AvgIpc) is 2.65. The van der Waals surface area contributed by atoms with Gasteiger partial charge in [-0.25, -0.2) is 4.79 Å². The number of pyridine rings is 1. The van der Waals surface area contributed by atoms with E-state index in [1.165, 1.54) is 0 Å². The molecule has 6 heteroatoms. The number of nitrogens with one attached hydrogen (secondary N) is 2. The Morgan fingerprint density at radius 1 is 1.23 bits per heavy atom. The van der Waals surface area contributed by atoms with Crippen molar-refractivity contribution in [2.24, 2.45) is 0 Å². The van der Waals surface area contributed by atoms with Gasteiger partial charge in [-0.3, -0.25) is 4.79 Å². The van der Waals surface area contributed by atoms with Crippen LogP contribution in [-0.4, -0.2) is 29.8 Å². The summed E-state index contributed by atoms with van der Waals surface area (Å²) in [5, 5.41) is 3.59. The molecule has 2 N–H and O–H groups in total. The molecule has 1 aromatic carbocycles. The molecule has 6 nitrogen and oxygen atoms in total. The molecule has 0 radical (unpaired) electrons. The van der Waals surface area contributed by atoms with E-state index in [0.29, 0.717) is 24.2 Å². The molecule has 0 unspecified atom stereocenters. The Morgan fingerprint density at radius 3 is 2.69 bits per heavy atom. The van der Waals surface area contributed by atoms with E-state index in [4.69, 9.17) is 9.47 Å². The number of benzene rings is 1. The minimum atomic E-state index is -0.346. The minimum Gasteiger partial charge on any atom is -0.450 e. The first-order chi connectivity index (χ1) is 12.6. The van der Waals surface area contributed by atoms with Gasteiger partial charge in [-0.2, -0.15) is 0 Å². The van der Waals surface area contributed by atoms with Crippen LogP contribution in [0.25, 0.3) is 10.9 Å². The van der Waals surface area contributed by atoms with Crippen molar-refractivity contribution in [3.05, 3.63) is 45.7 Å². The number of ether oxygens (including phenoxy) is 2. The van der Waals surface area contributed by atoms with Gasteiger partial charge in [0, 0.05) is 28.2 Å². The zero-order chi connectivity index (χ0) is 18.5. The summed E-state index contributed by atoms with van der Waals surface area (Å²) < 4.78 is 11.0. The molecule has 0 atom stereocenters. The highest BCUT2D eigenvalue weighted by molar-refractivity contribution is 5.79. The largest absolute Gasteiger partial charge is 0.450 e. The fourth-order valence-corrected chi connectivity index (χ4v) is 3.44. The van der Waals surface area contributed by atoms with Crippen molar-refractivity contribution in [3.8, 4) is 0 Å². The third-order valence-electron chi connectivity index (χ3n) is 4.99. The van der Waals surface area contributed by atoms with E-state index in [9.17, 15) is 9.59 Å². The van der Waals surface area contributed by atoms with Crippen LogP contribution in [0.5, 0.6) is 0 Å². The maximum absolute atomic E-state index is 12.5. The highest BCUT2D eigenvalue weighted by Crippen LogP contribution is 2.23. The van der Waals surface area contributed by atoms with E-state index in [1.54, 1.807) is 6.92 Å². The topological polar surface area (TPSA) is 80.4 Å². The van der Waals surface area contributed by atoms with Crippen molar-refractivity contribution < 1.29 is 14.3 Å². The SMILES string of the molecule is CCOC(=O)N[C@H]1CC[C@H](OCc2[nH]c3ccccc3c(=O)c2C)CC1. The van der Waals surface area contributed by atoms with Crippen molar-refractivity contribution in [2.45, 2.75) is 58.3 Å². The summed E-state index contributed by atoms with van der Waals surface area (Å²) in [5.74, 6) is 0. The van der Waals surface area contributed by atoms with E-state index in [1.807, 2.05) is 31.2 Å². The summed E-state index contributed by atoms with van der Waals surface area (Å²) in [6.07, 6.45) is 3.31. The molecule has 0 bridgehead atoms. The van der Waals surface area contributed by atoms with Crippen LogP contribution in [0.3, 0.4) is 0 Å². The zero-order valence-electron chi connectivity index (χ0n) is 15.3. The van der Waals surface area contributed by atoms with Crippen LogP contribution in [0.2, 0.25) is 0 Å². The Labute approximate surface area is 152 Å². The Kier molecular flexibility index (Phi) is 5.93. The lowest BCUT2D eigenvalue weighted by atomic mass is 9.93. The summed E-state index contributed by atoms with van der Waals surface area (Å²) in [6, 6.07) is 7.68. The number of aromatic amines is 1. The molecule has 2 aromatic rings. The zero-order valence-corrected chi connectivity index (χ0v) is 15.3. The maximum Gasteiger partial charge on any atom is 0.407 e. The molecule has 1 fully saturated rings. The summed E-state index contributed by atoms with van der Waals surface area (Å²) in [5.41, 5.74) is 2.44. The molecule has 26 heavy (non-hydrogen) atoms. The Balaban J connectivity index is 1.56. The number of carbonyl (C=O) groups excluding carboxylic acids is 1. The summed E-state index contributed by atoms with van der Waals surface area (Å²) in [6.45, 7) is 4.41. The minimum absolute atomic E-state index is 0.0558. The van der Waals surface area contributed by atoms with E-state index < -0.39 is 0 Å². The van der Waals surface area contributed by atoms with Crippen LogP contribution in [0.4, 0.5) is 4.79 Å². The third-order valence-corrected chi connectivity index (χ3v) is 4.99. The molecule has 1 aliphatic carbocycles. The number of rotatable bonds is 5. The predicted octanol–water partition coefficient (Wildman–Crippen LogP) is 3.41. The summed E-state index contributed by atoms with van der Waals surface area (Å²) >= 11 is 0. The van der Waals surface area contributed by atoms with E-state index >= 15 is 0 Å². The molecule has 0 saturated heterocycles. The highest BCUT2D eigenvalue weighted by Gasteiger charge is 2.23. The highest BCUT2D eigenvalue weighted by atomic mass is 16.5. The number of hydrogen-bond acceptors (Lipinski definition) is 4. The molecule has 1 aliphatic rings. The Bertz CT molecular complexity index is 822. The predicted molar refractivity (Wildman–Crippen MR) is 100 cm³/mol. The van der Waals surface area contributed by atoms with Gasteiger partial charge in [-0.1, -0.05) is 12.1 Å². The molecule has 1 saturated carbocycles. The molecule has 1 aromatic heterocycles. The third kappa shape index (κ3) is 4.25. The van der Waals surface area contributed by atoms with Gasteiger partial charge in [-0.15, -0.1) is 0 Å². The number of alkyl carbamates (subject to hydrolysis) is 1. The normalized spacial score (nSPS) is 20.1. The molecule has 140 valence electrons. The lowest BCUT2D eigenvalue weighted by Gasteiger charge is -2.29. The van der Waals surface area contributed by atoms with Crippen LogP contribution in [0.1, 0.15) is 43.9 Å². The average molecular weight is 358 g/mol. The van der Waals surface area contributed by atoms with Crippen molar-refractivity contribution in [3.63, 3.8) is 0 Å². The standard InChI is InChI=1S/C20H26N2O4/c1-3-25-20(24)21-14-8-10-15(11-9-14)26-12-18-13(2)19(23)16-6-4-5-7-17(16)22-18/h4-7,14-15H,3,8-12H2,1-2H3,(H,21,24)(H,22,23)/t14-,15-. The fourth-order valence-electron chi connectivity index (χ4n) is 3.44. The summed E-state index contributed by atoms with van der Waals surface area (Å²) in [7, 11) is 0. The second kappa shape index (κ2) is 8.36. The number of para-hydroxylation sites is 1. The smallest absolute Gasteiger partial charge is 0.407 e. The van der Waals surface area contributed by atoms with Gasteiger partial charge in [0.05, 0.1) is 19.3 Å². The first-order valence-electron chi connectivity index (χ1n) is 9.24. The molecule has 1 heterocycles. The van der Waals surface area contributed by atoms with E-state index in [-0.39, 0.29) is 23.7 Å². The van der Waals surface area contributed by atoms with Gasteiger partial charge < -0.3 is 19.8 Å². The number of H-pyrrole nitrogens is 1. The number of hydrogen-bond donors (Lipinski definition) is 2. The van der Waals surface area contributed by atoms with Crippen LogP contribution in [0.15, 0.2) is 29.1 Å². The van der Waals surface area contributed by atoms with E-state index in [0.717, 1.165) is 36.9 Å². The number of fused-ring (bicyclic) bond motifs is 1. The molecule has 1 amide bonds. The van der Waals surface area contributed by atoms with Gasteiger partial charge in [0.15, 0.2) is 5.43 Å². The lowest BCUT2D eigenvalue weighted by molar-refractivity contribution is 0.00947. The molecule has 0 spiro atoms. The van der Waals surface area contributed by atoms with Crippen molar-refractivity contribution in [1.82, 2.24) is 10.3 Å². The first kappa shape index (κ1) is 18.5. The monoisotopic (exact) mass is 358 g/mol. The van der Waals surface area contributed by atoms with Crippen molar-refractivity contribution in [2.75, 3.05) is 6.61 Å². The lowest BCUT2D eigenvalue weighted by Crippen LogP contribution is -2.39. The van der Waals surface area contributed by atoms with Crippen LogP contribution >= 0.6 is 0 Å². The van der Waals surface area contributed by atoms with Crippen molar-refractivity contribution >= 4 is 17.0 Å². The molecular formula is C20H26N2O4. The number of amides is 1. The fraction of sp³-hybridized carbons (Fsp3) is 0.500. The van der Waals surface area contributed by atoms with Gasteiger partial charge in [0.1, 0.15) is 0 Å². The van der Waals surface area contributed by atoms with Gasteiger partial charge in [-0.05, 0) is 51.7 Å². The second-order valence-electron chi connectivity index (χ2n) is 6.75. The van der Waals surface area contributed by atoms with Crippen LogP contribution in [0, 0.1) is 6.92 Å². The molecular weight excluding hydrogens is 332 g/mol. The van der Waals surface area contributed by atoms with Gasteiger partial charge >= 0.3 is 6.09 Å². The van der Waals surface area contributed by atoms with Gasteiger partial charge in [0.2, 0.25) is 0 Å². The number of aromatic nitrogens is 1. The first-order valence-corrected chi connectivity index (χ1v) is 9.24. The second-order valence-corrected chi connectivity index (χ2v) is 6.75. The van der Waals surface area contributed by atoms with Crippen LogP contribution in [-0.2, 0) is 16.1 Å². The summed E-state index contributed by atoms with van der Waals surface area (Å²) in [4.78, 5) is 27.3. The van der Waals surface area contributed by atoms with Gasteiger partial charge in [0.25, 0.3) is 0 Å². The quantitative estimate of drug-likeness (QED) is 0.858. The number of carbonyl (C=O) groups is 1. The molecule has 0 aliphatic heterocycles. The molecule has 3 rings (SSSR count). The van der Waals surface area contributed by atoms with Crippen LogP contribution < -0.4 is 10.7 Å².